The van der Waals surface area contributed by atoms with Crippen LogP contribution in [0.25, 0.3) is 0 Å². The third-order valence-electron chi connectivity index (χ3n) is 4.19. The third kappa shape index (κ3) is 2.96. The number of nitrogens with two attached hydrogens (primary N) is 2. The summed E-state index contributed by atoms with van der Waals surface area (Å²) in [6.45, 7) is 0.753. The zero-order chi connectivity index (χ0) is 14.0. The summed E-state index contributed by atoms with van der Waals surface area (Å²) in [5, 5.41) is 0. The third-order valence-corrected chi connectivity index (χ3v) is 4.19. The van der Waals surface area contributed by atoms with Gasteiger partial charge in [0.25, 0.3) is 0 Å². The Bertz CT molecular complexity index is 458. The number of hydrogen-bond acceptors (Lipinski definition) is 4. The van der Waals surface area contributed by atoms with Crippen LogP contribution in [-0.4, -0.2) is 39.0 Å². The first-order valence-electron chi connectivity index (χ1n) is 6.67. The Morgan fingerprint density at radius 2 is 2.42 bits per heavy atom. The number of imidazole rings is 1. The molecule has 0 spiro atoms. The van der Waals surface area contributed by atoms with Crippen molar-refractivity contribution in [1.29, 1.82) is 0 Å². The van der Waals surface area contributed by atoms with Crippen molar-refractivity contribution in [2.45, 2.75) is 43.8 Å². The largest absolute Gasteiger partial charge is 0.368 e. The second kappa shape index (κ2) is 5.30. The minimum Gasteiger partial charge on any atom is -0.368 e. The van der Waals surface area contributed by atoms with E-state index in [0.717, 1.165) is 25.2 Å². The molecule has 1 aromatic rings. The summed E-state index contributed by atoms with van der Waals surface area (Å²) in [6.07, 6.45) is 7.03. The molecule has 1 heterocycles. The van der Waals surface area contributed by atoms with Gasteiger partial charge in [-0.3, -0.25) is 9.69 Å². The number of rotatable bonds is 4. The predicted molar refractivity (Wildman–Crippen MR) is 73.0 cm³/mol. The van der Waals surface area contributed by atoms with E-state index in [1.807, 2.05) is 24.9 Å². The summed E-state index contributed by atoms with van der Waals surface area (Å²) in [5.74, 6) is 0.623. The van der Waals surface area contributed by atoms with Crippen molar-refractivity contribution in [3.05, 3.63) is 18.2 Å². The van der Waals surface area contributed by atoms with Gasteiger partial charge in [0.1, 0.15) is 5.82 Å². The van der Waals surface area contributed by atoms with Crippen LogP contribution < -0.4 is 11.5 Å². The van der Waals surface area contributed by atoms with Crippen LogP contribution in [0.2, 0.25) is 0 Å². The summed E-state index contributed by atoms with van der Waals surface area (Å²) in [6, 6.07) is 0.281. The van der Waals surface area contributed by atoms with E-state index < -0.39 is 5.54 Å². The van der Waals surface area contributed by atoms with E-state index in [0.29, 0.717) is 12.8 Å². The van der Waals surface area contributed by atoms with Crippen LogP contribution in [0.4, 0.5) is 0 Å². The normalized spacial score (nSPS) is 27.7. The van der Waals surface area contributed by atoms with Crippen LogP contribution in [0, 0.1) is 0 Å². The van der Waals surface area contributed by atoms with E-state index in [4.69, 9.17) is 11.5 Å². The van der Waals surface area contributed by atoms with E-state index >= 15 is 0 Å². The van der Waals surface area contributed by atoms with Gasteiger partial charge in [-0.15, -0.1) is 0 Å². The minimum absolute atomic E-state index is 0.281. The van der Waals surface area contributed by atoms with Crippen molar-refractivity contribution in [3.8, 4) is 0 Å². The number of amides is 1. The lowest BCUT2D eigenvalue weighted by Gasteiger charge is -2.39. The van der Waals surface area contributed by atoms with Crippen molar-refractivity contribution >= 4 is 5.91 Å². The van der Waals surface area contributed by atoms with Crippen LogP contribution >= 0.6 is 0 Å². The fraction of sp³-hybridized carbons (Fsp3) is 0.692. The highest BCUT2D eigenvalue weighted by molar-refractivity contribution is 5.84. The Hall–Kier alpha value is -1.40. The summed E-state index contributed by atoms with van der Waals surface area (Å²) in [5.41, 5.74) is 10.7. The summed E-state index contributed by atoms with van der Waals surface area (Å²) in [4.78, 5) is 18.0. The zero-order valence-electron chi connectivity index (χ0n) is 11.7. The second-order valence-corrected chi connectivity index (χ2v) is 5.64. The van der Waals surface area contributed by atoms with Gasteiger partial charge in [0.05, 0.1) is 12.1 Å². The average Bonchev–Trinajstić information content (AvgIpc) is 2.75. The first kappa shape index (κ1) is 14.0. The lowest BCUT2D eigenvalue weighted by Crippen LogP contribution is -2.57. The highest BCUT2D eigenvalue weighted by Gasteiger charge is 2.39. The van der Waals surface area contributed by atoms with Crippen molar-refractivity contribution in [2.75, 3.05) is 7.05 Å². The first-order chi connectivity index (χ1) is 8.92. The lowest BCUT2D eigenvalue weighted by molar-refractivity contribution is -0.125. The van der Waals surface area contributed by atoms with E-state index in [-0.39, 0.29) is 11.9 Å². The Kier molecular flexibility index (Phi) is 3.91. The smallest absolute Gasteiger partial charge is 0.237 e. The Balaban J connectivity index is 2.01. The van der Waals surface area contributed by atoms with Gasteiger partial charge in [-0.25, -0.2) is 4.98 Å². The maximum absolute atomic E-state index is 11.5. The molecule has 2 unspecified atom stereocenters. The highest BCUT2D eigenvalue weighted by atomic mass is 16.1. The molecule has 2 atom stereocenters. The molecule has 0 radical (unpaired) electrons. The topological polar surface area (TPSA) is 90.2 Å². The number of nitrogens with zero attached hydrogens (tertiary/aromatic N) is 3. The average molecular weight is 265 g/mol. The fourth-order valence-electron chi connectivity index (χ4n) is 2.78. The lowest BCUT2D eigenvalue weighted by atomic mass is 9.78. The summed E-state index contributed by atoms with van der Waals surface area (Å²) >= 11 is 0. The van der Waals surface area contributed by atoms with E-state index in [9.17, 15) is 4.79 Å². The summed E-state index contributed by atoms with van der Waals surface area (Å²) in [7, 11) is 4.03. The molecule has 1 aromatic heterocycles. The molecule has 1 aliphatic rings. The van der Waals surface area contributed by atoms with E-state index in [1.165, 1.54) is 0 Å². The Morgan fingerprint density at radius 3 is 3.00 bits per heavy atom. The van der Waals surface area contributed by atoms with Crippen molar-refractivity contribution in [2.24, 2.45) is 18.5 Å². The Labute approximate surface area is 113 Å². The molecule has 0 saturated heterocycles. The van der Waals surface area contributed by atoms with Gasteiger partial charge in [0.15, 0.2) is 0 Å². The van der Waals surface area contributed by atoms with E-state index in [1.54, 1.807) is 6.20 Å². The number of hydrogen-bond donors (Lipinski definition) is 2. The molecule has 1 amide bonds. The van der Waals surface area contributed by atoms with Gasteiger partial charge >= 0.3 is 0 Å². The van der Waals surface area contributed by atoms with Gasteiger partial charge in [-0.1, -0.05) is 0 Å². The van der Waals surface area contributed by atoms with Crippen molar-refractivity contribution in [1.82, 2.24) is 14.5 Å². The molecular formula is C13H23N5O. The highest BCUT2D eigenvalue weighted by Crippen LogP contribution is 2.29. The quantitative estimate of drug-likeness (QED) is 0.800. The minimum atomic E-state index is -0.848. The molecule has 1 aliphatic carbocycles. The number of aromatic nitrogens is 2. The van der Waals surface area contributed by atoms with Crippen molar-refractivity contribution < 1.29 is 4.79 Å². The molecule has 0 aliphatic heterocycles. The Morgan fingerprint density at radius 1 is 1.68 bits per heavy atom. The van der Waals surface area contributed by atoms with Gasteiger partial charge in [0, 0.05) is 25.5 Å². The number of carbonyl (C=O) groups is 1. The van der Waals surface area contributed by atoms with Gasteiger partial charge < -0.3 is 16.0 Å². The van der Waals surface area contributed by atoms with Crippen LogP contribution in [0.15, 0.2) is 12.4 Å². The first-order valence-corrected chi connectivity index (χ1v) is 6.67. The maximum Gasteiger partial charge on any atom is 0.237 e. The van der Waals surface area contributed by atoms with Gasteiger partial charge in [0.2, 0.25) is 5.91 Å². The molecule has 0 bridgehead atoms. The van der Waals surface area contributed by atoms with Crippen LogP contribution in [-0.2, 0) is 18.4 Å². The molecule has 0 aromatic carbocycles. The maximum atomic E-state index is 11.5. The van der Waals surface area contributed by atoms with Crippen LogP contribution in [0.3, 0.4) is 0 Å². The number of primary amides is 1. The molecular weight excluding hydrogens is 242 g/mol. The van der Waals surface area contributed by atoms with Crippen LogP contribution in [0.1, 0.15) is 31.5 Å². The molecule has 19 heavy (non-hydrogen) atoms. The molecule has 6 heteroatoms. The standard InChI is InChI=1S/C13H23N5O/c1-17-7-6-16-11(17)9-18(2)10-4-3-5-13(15,8-10)12(14)19/h6-7,10H,3-5,8-9,15H2,1-2H3,(H2,14,19). The van der Waals surface area contributed by atoms with Crippen molar-refractivity contribution in [3.63, 3.8) is 0 Å². The molecule has 106 valence electrons. The van der Waals surface area contributed by atoms with E-state index in [2.05, 4.69) is 9.88 Å². The SMILES string of the molecule is CN(Cc1nccn1C)C1CCCC(N)(C(N)=O)C1. The number of carbonyl (C=O) groups excluding carboxylic acids is 1. The monoisotopic (exact) mass is 265 g/mol. The second-order valence-electron chi connectivity index (χ2n) is 5.64. The zero-order valence-corrected chi connectivity index (χ0v) is 11.7. The fourth-order valence-corrected chi connectivity index (χ4v) is 2.78. The summed E-state index contributed by atoms with van der Waals surface area (Å²) < 4.78 is 2.00. The molecule has 6 nitrogen and oxygen atoms in total. The number of aryl methyl sites for hydroxylation is 1. The molecule has 1 fully saturated rings. The van der Waals surface area contributed by atoms with Crippen LogP contribution in [0.5, 0.6) is 0 Å². The molecule has 1 saturated carbocycles. The molecule has 4 N–H and O–H groups in total. The predicted octanol–water partition coefficient (Wildman–Crippen LogP) is -0.0227. The molecule has 2 rings (SSSR count). The van der Waals surface area contributed by atoms with Gasteiger partial charge in [-0.05, 0) is 32.7 Å². The van der Waals surface area contributed by atoms with Gasteiger partial charge in [-0.2, -0.15) is 0 Å².